The number of nitrogens with zero attached hydrogens (tertiary/aromatic N) is 1. The van der Waals surface area contributed by atoms with Gasteiger partial charge in [0, 0.05) is 19.5 Å². The molecule has 1 aliphatic rings. The van der Waals surface area contributed by atoms with Gasteiger partial charge in [-0.15, -0.1) is 0 Å². The van der Waals surface area contributed by atoms with Crippen LogP contribution in [0.1, 0.15) is 39.0 Å². The standard InChI is InChI=1S/C13H23N3O4/c1-2-3-9-6-7-16(8-9)13(20)15-10(12(18)19)4-5-11(14)17/h9-10H,2-8H2,1H3,(H2,14,17)(H,15,20)(H,18,19)/t9?,10-/m0/s1. The molecular formula is C13H23N3O4. The Balaban J connectivity index is 2.46. The summed E-state index contributed by atoms with van der Waals surface area (Å²) in [7, 11) is 0. The monoisotopic (exact) mass is 285 g/mol. The molecule has 1 rings (SSSR count). The molecule has 1 unspecified atom stereocenters. The highest BCUT2D eigenvalue weighted by Crippen LogP contribution is 2.20. The Morgan fingerprint density at radius 1 is 1.45 bits per heavy atom. The maximum atomic E-state index is 12.0. The quantitative estimate of drug-likeness (QED) is 0.633. The Labute approximate surface area is 118 Å². The molecule has 20 heavy (non-hydrogen) atoms. The van der Waals surface area contributed by atoms with E-state index >= 15 is 0 Å². The number of hydrogen-bond donors (Lipinski definition) is 3. The molecule has 0 aromatic heterocycles. The number of nitrogens with one attached hydrogen (secondary N) is 1. The second-order valence-corrected chi connectivity index (χ2v) is 5.23. The topological polar surface area (TPSA) is 113 Å². The minimum Gasteiger partial charge on any atom is -0.480 e. The van der Waals surface area contributed by atoms with Crippen molar-refractivity contribution in [3.05, 3.63) is 0 Å². The van der Waals surface area contributed by atoms with Gasteiger partial charge in [0.15, 0.2) is 0 Å². The van der Waals surface area contributed by atoms with Crippen LogP contribution in [0.15, 0.2) is 0 Å². The van der Waals surface area contributed by atoms with Gasteiger partial charge in [-0.1, -0.05) is 13.3 Å². The number of hydrogen-bond acceptors (Lipinski definition) is 3. The summed E-state index contributed by atoms with van der Waals surface area (Å²) in [5, 5.41) is 11.5. The Morgan fingerprint density at radius 2 is 2.15 bits per heavy atom. The van der Waals surface area contributed by atoms with Gasteiger partial charge < -0.3 is 21.1 Å². The van der Waals surface area contributed by atoms with Crippen molar-refractivity contribution in [2.75, 3.05) is 13.1 Å². The van der Waals surface area contributed by atoms with Crippen molar-refractivity contribution in [2.24, 2.45) is 11.7 Å². The molecule has 1 aliphatic heterocycles. The van der Waals surface area contributed by atoms with Gasteiger partial charge in [-0.3, -0.25) is 4.79 Å². The third-order valence-corrected chi connectivity index (χ3v) is 3.55. The largest absolute Gasteiger partial charge is 0.480 e. The molecule has 1 saturated heterocycles. The summed E-state index contributed by atoms with van der Waals surface area (Å²) in [5.74, 6) is -1.22. The van der Waals surface area contributed by atoms with Crippen LogP contribution in [0.3, 0.4) is 0 Å². The maximum Gasteiger partial charge on any atom is 0.326 e. The molecule has 1 fully saturated rings. The molecule has 0 bridgehead atoms. The number of carbonyl (C=O) groups is 3. The van der Waals surface area contributed by atoms with E-state index in [4.69, 9.17) is 10.8 Å². The van der Waals surface area contributed by atoms with Gasteiger partial charge in [-0.2, -0.15) is 0 Å². The van der Waals surface area contributed by atoms with Gasteiger partial charge >= 0.3 is 12.0 Å². The van der Waals surface area contributed by atoms with Gasteiger partial charge in [0.25, 0.3) is 0 Å². The number of urea groups is 1. The molecule has 0 radical (unpaired) electrons. The summed E-state index contributed by atoms with van der Waals surface area (Å²) < 4.78 is 0. The van der Waals surface area contributed by atoms with Crippen molar-refractivity contribution in [2.45, 2.75) is 45.1 Å². The van der Waals surface area contributed by atoms with E-state index in [-0.39, 0.29) is 18.9 Å². The first-order chi connectivity index (χ1) is 9.43. The fourth-order valence-electron chi connectivity index (χ4n) is 2.45. The van der Waals surface area contributed by atoms with Crippen molar-refractivity contribution in [3.8, 4) is 0 Å². The molecule has 1 heterocycles. The summed E-state index contributed by atoms with van der Waals surface area (Å²) in [4.78, 5) is 35.4. The first-order valence-corrected chi connectivity index (χ1v) is 7.00. The number of carboxylic acids is 1. The average molecular weight is 285 g/mol. The van der Waals surface area contributed by atoms with Crippen LogP contribution in [-0.4, -0.2) is 47.0 Å². The first kappa shape index (κ1) is 16.3. The molecule has 3 amide bonds. The van der Waals surface area contributed by atoms with Crippen LogP contribution in [0.25, 0.3) is 0 Å². The molecular weight excluding hydrogens is 262 g/mol. The zero-order chi connectivity index (χ0) is 15.1. The molecule has 4 N–H and O–H groups in total. The van der Waals surface area contributed by atoms with E-state index < -0.39 is 17.9 Å². The van der Waals surface area contributed by atoms with E-state index in [1.54, 1.807) is 4.90 Å². The van der Waals surface area contributed by atoms with Crippen molar-refractivity contribution < 1.29 is 19.5 Å². The number of nitrogens with two attached hydrogens (primary N) is 1. The van der Waals surface area contributed by atoms with Gasteiger partial charge in [0.1, 0.15) is 6.04 Å². The number of amides is 3. The number of likely N-dealkylation sites (tertiary alicyclic amines) is 1. The second-order valence-electron chi connectivity index (χ2n) is 5.23. The number of carboxylic acid groups (broad SMARTS) is 1. The van der Waals surface area contributed by atoms with Gasteiger partial charge in [-0.05, 0) is 25.2 Å². The first-order valence-electron chi connectivity index (χ1n) is 7.00. The molecule has 0 aromatic rings. The highest BCUT2D eigenvalue weighted by Gasteiger charge is 2.28. The van der Waals surface area contributed by atoms with Crippen LogP contribution < -0.4 is 11.1 Å². The van der Waals surface area contributed by atoms with Crippen LogP contribution in [-0.2, 0) is 9.59 Å². The molecule has 0 aromatic carbocycles. The van der Waals surface area contributed by atoms with Gasteiger partial charge in [-0.25, -0.2) is 9.59 Å². The lowest BCUT2D eigenvalue weighted by Crippen LogP contribution is -2.47. The average Bonchev–Trinajstić information content (AvgIpc) is 2.82. The third-order valence-electron chi connectivity index (χ3n) is 3.55. The molecule has 0 aliphatic carbocycles. The summed E-state index contributed by atoms with van der Waals surface area (Å²) in [5.41, 5.74) is 4.99. The van der Waals surface area contributed by atoms with E-state index in [0.717, 1.165) is 19.3 Å². The Bertz CT molecular complexity index is 373. The predicted molar refractivity (Wildman–Crippen MR) is 73.0 cm³/mol. The van der Waals surface area contributed by atoms with Crippen molar-refractivity contribution >= 4 is 17.9 Å². The van der Waals surface area contributed by atoms with E-state index in [9.17, 15) is 14.4 Å². The Hall–Kier alpha value is -1.79. The van der Waals surface area contributed by atoms with Crippen LogP contribution in [0.2, 0.25) is 0 Å². The predicted octanol–water partition coefficient (Wildman–Crippen LogP) is 0.537. The summed E-state index contributed by atoms with van der Waals surface area (Å²) >= 11 is 0. The Kier molecular flexibility index (Phi) is 6.27. The SMILES string of the molecule is CCCC1CCN(C(=O)N[C@@H](CCC(N)=O)C(=O)O)C1. The molecule has 7 nitrogen and oxygen atoms in total. The lowest BCUT2D eigenvalue weighted by Gasteiger charge is -2.21. The van der Waals surface area contributed by atoms with Crippen molar-refractivity contribution in [3.63, 3.8) is 0 Å². The third kappa shape index (κ3) is 5.07. The smallest absolute Gasteiger partial charge is 0.326 e. The van der Waals surface area contributed by atoms with E-state index in [1.807, 2.05) is 0 Å². The number of primary amides is 1. The number of carbonyl (C=O) groups excluding carboxylic acids is 2. The summed E-state index contributed by atoms with van der Waals surface area (Å²) in [6.07, 6.45) is 3.07. The highest BCUT2D eigenvalue weighted by molar-refractivity contribution is 5.83. The fraction of sp³-hybridized carbons (Fsp3) is 0.769. The normalized spacial score (nSPS) is 19.6. The lowest BCUT2D eigenvalue weighted by molar-refractivity contribution is -0.139. The van der Waals surface area contributed by atoms with Crippen LogP contribution in [0, 0.1) is 5.92 Å². The molecule has 2 atom stereocenters. The molecule has 7 heteroatoms. The summed E-state index contributed by atoms with van der Waals surface area (Å²) in [6, 6.07) is -1.44. The van der Waals surface area contributed by atoms with Crippen LogP contribution >= 0.6 is 0 Å². The van der Waals surface area contributed by atoms with Crippen molar-refractivity contribution in [1.82, 2.24) is 10.2 Å². The molecule has 0 saturated carbocycles. The van der Waals surface area contributed by atoms with Crippen molar-refractivity contribution in [1.29, 1.82) is 0 Å². The van der Waals surface area contributed by atoms with Gasteiger partial charge in [0.05, 0.1) is 0 Å². The number of aliphatic carboxylic acids is 1. The zero-order valence-electron chi connectivity index (χ0n) is 11.8. The van der Waals surface area contributed by atoms with E-state index in [1.165, 1.54) is 0 Å². The minimum atomic E-state index is -1.15. The molecule has 114 valence electrons. The highest BCUT2D eigenvalue weighted by atomic mass is 16.4. The minimum absolute atomic E-state index is 0.0165. The number of rotatable bonds is 7. The fourth-order valence-corrected chi connectivity index (χ4v) is 2.45. The van der Waals surface area contributed by atoms with Gasteiger partial charge in [0.2, 0.25) is 5.91 Å². The lowest BCUT2D eigenvalue weighted by atomic mass is 10.0. The summed E-state index contributed by atoms with van der Waals surface area (Å²) in [6.45, 7) is 3.42. The molecule has 0 spiro atoms. The zero-order valence-corrected chi connectivity index (χ0v) is 11.8. The second kappa shape index (κ2) is 7.72. The van der Waals surface area contributed by atoms with Crippen LogP contribution in [0.5, 0.6) is 0 Å². The van der Waals surface area contributed by atoms with E-state index in [0.29, 0.717) is 19.0 Å². The van der Waals surface area contributed by atoms with Crippen LogP contribution in [0.4, 0.5) is 4.79 Å². The Morgan fingerprint density at radius 3 is 2.70 bits per heavy atom. The van der Waals surface area contributed by atoms with E-state index in [2.05, 4.69) is 12.2 Å². The maximum absolute atomic E-state index is 12.0.